The van der Waals surface area contributed by atoms with Crippen molar-refractivity contribution in [3.05, 3.63) is 87.0 Å². The SMILES string of the molecule is C=Cc1c(C)c2cc3[nH+]c(c4c5[n-]c(cc6[nH+]c(cc1[n-]2)C(C)=C6CC)c(C)c5C(=O)[C@@H]4C(=O)OC)[C@@H](CCC(=O)OC/C=C(\C)CCC[C@@H](C)CCC[C@H](C)CCCC(C)C)[C@@H]3C.[Mg+2]. The third-order valence-electron chi connectivity index (χ3n) is 14.4. The zero-order valence-electron chi connectivity index (χ0n) is 41.4. The summed E-state index contributed by atoms with van der Waals surface area (Å²) in [6.07, 6.45) is 16.6. The predicted octanol–water partition coefficient (Wildman–Crippen LogP) is 11.7. The number of nitrogens with one attached hydrogen (secondary N) is 2. The average molecular weight is 896 g/mol. The van der Waals surface area contributed by atoms with E-state index in [-0.39, 0.29) is 59.7 Å². The zero-order chi connectivity index (χ0) is 46.4. The van der Waals surface area contributed by atoms with E-state index in [4.69, 9.17) is 19.4 Å². The first kappa shape index (κ1) is 51.7. The number of nitrogens with zero attached hydrogens (tertiary/aromatic N) is 2. The van der Waals surface area contributed by atoms with Crippen molar-refractivity contribution in [3.63, 3.8) is 0 Å². The van der Waals surface area contributed by atoms with E-state index in [0.717, 1.165) is 87.4 Å². The molecule has 5 heterocycles. The molecule has 3 aromatic rings. The third kappa shape index (κ3) is 11.6. The van der Waals surface area contributed by atoms with Crippen molar-refractivity contribution in [2.24, 2.45) is 17.8 Å². The first-order valence-corrected chi connectivity index (χ1v) is 24.1. The Morgan fingerprint density at radius 3 is 2.15 bits per heavy atom. The molecule has 10 heteroatoms. The van der Waals surface area contributed by atoms with Crippen LogP contribution in [-0.2, 0) is 19.1 Å². The van der Waals surface area contributed by atoms with Crippen LogP contribution >= 0.6 is 0 Å². The summed E-state index contributed by atoms with van der Waals surface area (Å²) in [5, 5.41) is 0. The van der Waals surface area contributed by atoms with E-state index in [0.29, 0.717) is 39.8 Å². The first-order chi connectivity index (χ1) is 30.6. The van der Waals surface area contributed by atoms with Crippen LogP contribution in [-0.4, -0.2) is 54.5 Å². The molecule has 344 valence electrons. The summed E-state index contributed by atoms with van der Waals surface area (Å²) >= 11 is 0. The molecule has 3 aromatic heterocycles. The minimum absolute atomic E-state index is 0. The van der Waals surface area contributed by atoms with Gasteiger partial charge in [0.05, 0.1) is 18.9 Å². The summed E-state index contributed by atoms with van der Waals surface area (Å²) in [5.74, 6) is -0.467. The summed E-state index contributed by atoms with van der Waals surface area (Å²) in [6.45, 7) is 26.2. The van der Waals surface area contributed by atoms with E-state index in [9.17, 15) is 14.4 Å². The number of aryl methyl sites for hydroxylation is 2. The number of aromatic nitrogens is 4. The molecule has 0 unspecified atom stereocenters. The van der Waals surface area contributed by atoms with Crippen LogP contribution in [0, 0.1) is 31.6 Å². The van der Waals surface area contributed by atoms with Gasteiger partial charge in [0.1, 0.15) is 12.5 Å². The monoisotopic (exact) mass is 895 g/mol. The van der Waals surface area contributed by atoms with Crippen molar-refractivity contribution < 1.29 is 33.8 Å². The number of ketones is 1. The molecule has 9 nitrogen and oxygen atoms in total. The van der Waals surface area contributed by atoms with Crippen molar-refractivity contribution in [2.45, 2.75) is 164 Å². The van der Waals surface area contributed by atoms with Gasteiger partial charge in [-0.3, -0.25) is 14.4 Å². The fourth-order valence-electron chi connectivity index (χ4n) is 10.3. The van der Waals surface area contributed by atoms with Gasteiger partial charge in [0.2, 0.25) is 11.4 Å². The number of rotatable bonds is 20. The molecule has 2 N–H and O–H groups in total. The molecular weight excluding hydrogens is 821 g/mol. The Morgan fingerprint density at radius 2 is 1.51 bits per heavy atom. The molecule has 0 fully saturated rings. The molecule has 3 aliphatic rings. The van der Waals surface area contributed by atoms with E-state index in [1.54, 1.807) is 0 Å². The maximum absolute atomic E-state index is 14.4. The molecule has 0 amide bonds. The average Bonchev–Trinajstić information content (AvgIpc) is 3.99. The number of Topliss-reactive ketones (excluding diaryl/α,β-unsaturated/α-hetero) is 1. The van der Waals surface area contributed by atoms with Gasteiger partial charge in [-0.1, -0.05) is 116 Å². The van der Waals surface area contributed by atoms with Gasteiger partial charge < -0.3 is 19.4 Å². The molecule has 65 heavy (non-hydrogen) atoms. The van der Waals surface area contributed by atoms with Crippen LogP contribution in [0.3, 0.4) is 0 Å². The van der Waals surface area contributed by atoms with Gasteiger partial charge in [-0.15, -0.1) is 22.1 Å². The standard InChI is InChI=1S/C55H73N4O5.Mg/c1-13-39-35(8)42-28-44-37(10)41(24-25-48(60)64-27-26-34(7)23-17-22-33(6)21-16-20-32(5)19-15-18-31(3)4)52(58-44)50-51(55(62)63-12)54(61)49-38(11)45(59-53(49)50)30-47-40(14-2)36(9)43(57-47)29-46(39)56-42;/h13,26,28-33,37,41,51H,1,14-25,27H2,2-12H3,(H-,56,57,58,59,61);/q-1;+2/p+1/b34-26+;/t32-,33+,37+,41+,51-;/m1./s1. The molecule has 1 aliphatic carbocycles. The second kappa shape index (κ2) is 22.9. The molecule has 5 atom stereocenters. The number of esters is 2. The van der Waals surface area contributed by atoms with Crippen LogP contribution in [0.5, 0.6) is 0 Å². The van der Waals surface area contributed by atoms with Crippen LogP contribution in [0.25, 0.3) is 39.3 Å². The van der Waals surface area contributed by atoms with Crippen molar-refractivity contribution in [3.8, 4) is 0 Å². The number of methoxy groups -OCH3 is 1. The van der Waals surface area contributed by atoms with Gasteiger partial charge in [-0.2, -0.15) is 0 Å². The summed E-state index contributed by atoms with van der Waals surface area (Å²) < 4.78 is 11.1. The Bertz CT molecular complexity index is 2490. The van der Waals surface area contributed by atoms with Gasteiger partial charge in [0.25, 0.3) is 0 Å². The maximum Gasteiger partial charge on any atom is 2.00 e. The van der Waals surface area contributed by atoms with Crippen LogP contribution in [0.1, 0.15) is 206 Å². The zero-order valence-corrected chi connectivity index (χ0v) is 42.8. The molecule has 0 aromatic carbocycles. The molecule has 2 aliphatic heterocycles. The van der Waals surface area contributed by atoms with E-state index < -0.39 is 11.9 Å². The third-order valence-corrected chi connectivity index (χ3v) is 14.4. The number of H-pyrrole nitrogens is 2. The number of hydrogen-bond acceptors (Lipinski definition) is 5. The Balaban J connectivity index is 0.00000793. The van der Waals surface area contributed by atoms with Gasteiger partial charge in [0.15, 0.2) is 17.2 Å². The number of ether oxygens (including phenoxy) is 2. The summed E-state index contributed by atoms with van der Waals surface area (Å²) in [5.41, 5.74) is 13.3. The fraction of sp³-hybridized carbons (Fsp3) is 0.545. The van der Waals surface area contributed by atoms with Gasteiger partial charge in [-0.05, 0) is 101 Å². The summed E-state index contributed by atoms with van der Waals surface area (Å²) in [4.78, 5) is 59.0. The second-order valence-corrected chi connectivity index (χ2v) is 19.6. The smallest absolute Gasteiger partial charge is 0.657 e. The van der Waals surface area contributed by atoms with E-state index >= 15 is 0 Å². The van der Waals surface area contributed by atoms with E-state index in [2.05, 4.69) is 91.0 Å². The van der Waals surface area contributed by atoms with E-state index in [1.165, 1.54) is 57.6 Å². The first-order valence-electron chi connectivity index (χ1n) is 24.1. The van der Waals surface area contributed by atoms with Crippen molar-refractivity contribution in [1.29, 1.82) is 0 Å². The quantitative estimate of drug-likeness (QED) is 0.0478. The molecule has 0 radical (unpaired) electrons. The van der Waals surface area contributed by atoms with Gasteiger partial charge >= 0.3 is 35.0 Å². The molecule has 8 bridgehead atoms. The molecular formula is C55H74MgN4O5+2. The van der Waals surface area contributed by atoms with Crippen molar-refractivity contribution in [2.75, 3.05) is 13.7 Å². The number of carbonyl (C=O) groups is 3. The Hall–Kier alpha value is -4.28. The number of fused-ring (bicyclic) bond motifs is 8. The van der Waals surface area contributed by atoms with Crippen LogP contribution in [0.4, 0.5) is 0 Å². The van der Waals surface area contributed by atoms with Crippen molar-refractivity contribution in [1.82, 2.24) is 9.97 Å². The van der Waals surface area contributed by atoms with Crippen LogP contribution in [0.2, 0.25) is 0 Å². The topological polar surface area (TPSA) is 126 Å². The molecule has 0 spiro atoms. The second-order valence-electron chi connectivity index (χ2n) is 19.6. The van der Waals surface area contributed by atoms with Crippen LogP contribution < -0.4 is 19.9 Å². The molecule has 6 rings (SSSR count). The maximum atomic E-state index is 14.4. The predicted molar refractivity (Wildman–Crippen MR) is 263 cm³/mol. The summed E-state index contributed by atoms with van der Waals surface area (Å²) in [6, 6.07) is 6.14. The van der Waals surface area contributed by atoms with Crippen LogP contribution in [0.15, 0.2) is 36.4 Å². The normalized spacial score (nSPS) is 17.9. The Labute approximate surface area is 404 Å². The molecule has 0 saturated heterocycles. The largest absolute Gasteiger partial charge is 2.00 e. The number of aromatic amines is 2. The Morgan fingerprint density at radius 1 is 0.862 bits per heavy atom. The number of carbonyl (C=O) groups excluding carboxylic acids is 3. The van der Waals surface area contributed by atoms with E-state index in [1.807, 2.05) is 25.1 Å². The number of hydrogen-bond donors (Lipinski definition) is 0. The van der Waals surface area contributed by atoms with Gasteiger partial charge in [0, 0.05) is 28.7 Å². The minimum atomic E-state index is -1.18. The number of allylic oxidation sites excluding steroid dienone is 3. The fourth-order valence-corrected chi connectivity index (χ4v) is 10.3. The minimum Gasteiger partial charge on any atom is -0.657 e. The summed E-state index contributed by atoms with van der Waals surface area (Å²) in [7, 11) is 1.31. The molecule has 0 saturated carbocycles. The van der Waals surface area contributed by atoms with Crippen molar-refractivity contribution >= 4 is 80.1 Å². The Kier molecular flexibility index (Phi) is 18.3. The van der Waals surface area contributed by atoms with Gasteiger partial charge in [-0.25, -0.2) is 9.97 Å².